The zero-order valence-corrected chi connectivity index (χ0v) is 11.3. The van der Waals surface area contributed by atoms with Crippen LogP contribution in [0.25, 0.3) is 10.6 Å². The summed E-state index contributed by atoms with van der Waals surface area (Å²) < 4.78 is 0. The number of hydrogen-bond donors (Lipinski definition) is 1. The zero-order valence-electron chi connectivity index (χ0n) is 10.4. The Kier molecular flexibility index (Phi) is 3.60. The van der Waals surface area contributed by atoms with Crippen LogP contribution in [-0.4, -0.2) is 16.7 Å². The maximum absolute atomic E-state index is 8.90. The molecular weight excluding hydrogens is 230 g/mol. The molecule has 2 rings (SSSR count). The van der Waals surface area contributed by atoms with Crippen LogP contribution in [0, 0.1) is 20.8 Å². The van der Waals surface area contributed by atoms with Crippen molar-refractivity contribution in [1.82, 2.24) is 4.98 Å². The molecule has 0 aliphatic rings. The van der Waals surface area contributed by atoms with Gasteiger partial charge in [-0.1, -0.05) is 6.07 Å². The van der Waals surface area contributed by atoms with Gasteiger partial charge in [-0.3, -0.25) is 0 Å². The van der Waals surface area contributed by atoms with Gasteiger partial charge in [0.2, 0.25) is 0 Å². The Balaban J connectivity index is 2.41. The molecule has 1 aromatic heterocycles. The van der Waals surface area contributed by atoms with Gasteiger partial charge in [-0.15, -0.1) is 11.3 Å². The van der Waals surface area contributed by atoms with E-state index in [1.165, 1.54) is 22.3 Å². The van der Waals surface area contributed by atoms with E-state index in [4.69, 9.17) is 5.11 Å². The second kappa shape index (κ2) is 4.98. The fourth-order valence-corrected chi connectivity index (χ4v) is 2.79. The van der Waals surface area contributed by atoms with Crippen molar-refractivity contribution in [1.29, 1.82) is 0 Å². The van der Waals surface area contributed by atoms with E-state index in [-0.39, 0.29) is 6.61 Å². The second-order valence-electron chi connectivity index (χ2n) is 4.37. The Morgan fingerprint density at radius 2 is 1.82 bits per heavy atom. The van der Waals surface area contributed by atoms with Crippen molar-refractivity contribution in [3.05, 3.63) is 39.9 Å². The summed E-state index contributed by atoms with van der Waals surface area (Å²) in [4.78, 5) is 4.56. The highest BCUT2D eigenvalue weighted by Crippen LogP contribution is 2.29. The van der Waals surface area contributed by atoms with Gasteiger partial charge in [0.1, 0.15) is 5.01 Å². The van der Waals surface area contributed by atoms with Crippen molar-refractivity contribution < 1.29 is 5.11 Å². The van der Waals surface area contributed by atoms with Crippen molar-refractivity contribution in [2.24, 2.45) is 0 Å². The number of nitrogens with zero attached hydrogens (tertiary/aromatic N) is 1. The number of aromatic nitrogens is 1. The highest BCUT2D eigenvalue weighted by atomic mass is 32.1. The van der Waals surface area contributed by atoms with Crippen LogP contribution in [0.2, 0.25) is 0 Å². The molecule has 1 heterocycles. The van der Waals surface area contributed by atoms with Crippen LogP contribution >= 0.6 is 11.3 Å². The highest BCUT2D eigenvalue weighted by Gasteiger charge is 2.08. The summed E-state index contributed by atoms with van der Waals surface area (Å²) in [7, 11) is 0. The van der Waals surface area contributed by atoms with E-state index in [9.17, 15) is 0 Å². The average Bonchev–Trinajstić information content (AvgIpc) is 2.72. The van der Waals surface area contributed by atoms with E-state index in [0.29, 0.717) is 6.42 Å². The van der Waals surface area contributed by atoms with E-state index >= 15 is 0 Å². The van der Waals surface area contributed by atoms with Crippen molar-refractivity contribution in [2.45, 2.75) is 27.2 Å². The lowest BCUT2D eigenvalue weighted by Gasteiger charge is -2.07. The van der Waals surface area contributed by atoms with Crippen LogP contribution < -0.4 is 0 Å². The first-order valence-corrected chi connectivity index (χ1v) is 6.63. The number of rotatable bonds is 3. The van der Waals surface area contributed by atoms with Crippen LogP contribution in [-0.2, 0) is 6.42 Å². The molecule has 0 unspecified atom stereocenters. The number of aliphatic hydroxyl groups excluding tert-OH is 1. The first-order valence-electron chi connectivity index (χ1n) is 5.75. The van der Waals surface area contributed by atoms with Gasteiger partial charge in [-0.25, -0.2) is 4.98 Å². The number of aliphatic hydroxyl groups is 1. The molecule has 0 bridgehead atoms. The predicted molar refractivity (Wildman–Crippen MR) is 72.6 cm³/mol. The van der Waals surface area contributed by atoms with Crippen LogP contribution in [0.4, 0.5) is 0 Å². The van der Waals surface area contributed by atoms with Gasteiger partial charge < -0.3 is 5.11 Å². The van der Waals surface area contributed by atoms with Crippen LogP contribution in [0.15, 0.2) is 17.5 Å². The Hall–Kier alpha value is -1.19. The molecule has 0 saturated heterocycles. The summed E-state index contributed by atoms with van der Waals surface area (Å²) in [6, 6.07) is 4.41. The Morgan fingerprint density at radius 3 is 2.53 bits per heavy atom. The van der Waals surface area contributed by atoms with E-state index < -0.39 is 0 Å². The van der Waals surface area contributed by atoms with Crippen LogP contribution in [0.3, 0.4) is 0 Å². The third-order valence-corrected chi connectivity index (χ3v) is 3.92. The van der Waals surface area contributed by atoms with Crippen molar-refractivity contribution in [3.8, 4) is 10.6 Å². The summed E-state index contributed by atoms with van der Waals surface area (Å²) in [6.07, 6.45) is 0.639. The normalized spacial score (nSPS) is 10.8. The zero-order chi connectivity index (χ0) is 12.4. The Morgan fingerprint density at radius 1 is 1.12 bits per heavy atom. The standard InChI is InChI=1S/C14H17NOS/c1-9-6-11(3)13(7-10(9)2)14-15-12(4-5-16)8-17-14/h6-8,16H,4-5H2,1-3H3. The average molecular weight is 247 g/mol. The summed E-state index contributed by atoms with van der Waals surface area (Å²) in [5.74, 6) is 0. The number of hydrogen-bond acceptors (Lipinski definition) is 3. The second-order valence-corrected chi connectivity index (χ2v) is 5.23. The number of benzene rings is 1. The molecule has 0 aliphatic carbocycles. The molecule has 1 aromatic carbocycles. The van der Waals surface area contributed by atoms with Crippen molar-refractivity contribution >= 4 is 11.3 Å². The van der Waals surface area contributed by atoms with Gasteiger partial charge in [0.15, 0.2) is 0 Å². The van der Waals surface area contributed by atoms with Crippen molar-refractivity contribution in [2.75, 3.05) is 6.61 Å². The molecule has 0 saturated carbocycles. The molecule has 0 radical (unpaired) electrons. The SMILES string of the molecule is Cc1cc(C)c(-c2nc(CCO)cs2)cc1C. The van der Waals surface area contributed by atoms with E-state index in [1.807, 2.05) is 5.38 Å². The third-order valence-electron chi connectivity index (χ3n) is 2.99. The minimum atomic E-state index is 0.162. The lowest BCUT2D eigenvalue weighted by atomic mass is 10.0. The molecule has 90 valence electrons. The smallest absolute Gasteiger partial charge is 0.123 e. The topological polar surface area (TPSA) is 33.1 Å². The minimum Gasteiger partial charge on any atom is -0.396 e. The summed E-state index contributed by atoms with van der Waals surface area (Å²) >= 11 is 1.65. The van der Waals surface area contributed by atoms with Gasteiger partial charge in [0.05, 0.1) is 5.69 Å². The number of thiazole rings is 1. The maximum atomic E-state index is 8.90. The molecule has 2 aromatic rings. The molecule has 2 nitrogen and oxygen atoms in total. The van der Waals surface area contributed by atoms with Gasteiger partial charge in [-0.2, -0.15) is 0 Å². The molecule has 0 spiro atoms. The molecule has 0 aliphatic heterocycles. The molecule has 0 fully saturated rings. The monoisotopic (exact) mass is 247 g/mol. The molecule has 3 heteroatoms. The Bertz CT molecular complexity index is 531. The van der Waals surface area contributed by atoms with Gasteiger partial charge in [0, 0.05) is 24.0 Å². The summed E-state index contributed by atoms with van der Waals surface area (Å²) in [5.41, 5.74) is 6.06. The Labute approximate surface area is 106 Å². The fraction of sp³-hybridized carbons (Fsp3) is 0.357. The first-order chi connectivity index (χ1) is 8.11. The molecule has 17 heavy (non-hydrogen) atoms. The van der Waals surface area contributed by atoms with Crippen LogP contribution in [0.5, 0.6) is 0 Å². The minimum absolute atomic E-state index is 0.162. The number of aryl methyl sites for hydroxylation is 3. The maximum Gasteiger partial charge on any atom is 0.123 e. The lowest BCUT2D eigenvalue weighted by molar-refractivity contribution is 0.298. The van der Waals surface area contributed by atoms with Crippen molar-refractivity contribution in [3.63, 3.8) is 0 Å². The molecular formula is C14H17NOS. The fourth-order valence-electron chi connectivity index (χ4n) is 1.85. The van der Waals surface area contributed by atoms with E-state index in [2.05, 4.69) is 37.9 Å². The third kappa shape index (κ3) is 2.56. The summed E-state index contributed by atoms with van der Waals surface area (Å²) in [5, 5.41) is 12.0. The summed E-state index contributed by atoms with van der Waals surface area (Å²) in [6.45, 7) is 6.54. The first kappa shape index (κ1) is 12.3. The van der Waals surface area contributed by atoms with E-state index in [1.54, 1.807) is 11.3 Å². The van der Waals surface area contributed by atoms with Gasteiger partial charge in [-0.05, 0) is 43.5 Å². The van der Waals surface area contributed by atoms with E-state index in [0.717, 1.165) is 10.7 Å². The van der Waals surface area contributed by atoms with Gasteiger partial charge in [0.25, 0.3) is 0 Å². The van der Waals surface area contributed by atoms with Gasteiger partial charge >= 0.3 is 0 Å². The highest BCUT2D eigenvalue weighted by molar-refractivity contribution is 7.13. The predicted octanol–water partition coefficient (Wildman–Crippen LogP) is 3.27. The lowest BCUT2D eigenvalue weighted by Crippen LogP contribution is -1.92. The quantitative estimate of drug-likeness (QED) is 0.903. The largest absolute Gasteiger partial charge is 0.396 e. The molecule has 0 amide bonds. The molecule has 1 N–H and O–H groups in total. The van der Waals surface area contributed by atoms with Crippen LogP contribution in [0.1, 0.15) is 22.4 Å². The molecule has 0 atom stereocenters.